The van der Waals surface area contributed by atoms with Gasteiger partial charge in [-0.2, -0.15) is 14.1 Å². The van der Waals surface area contributed by atoms with Gasteiger partial charge >= 0.3 is 0 Å². The van der Waals surface area contributed by atoms with Crippen molar-refractivity contribution < 1.29 is 13.2 Å². The summed E-state index contributed by atoms with van der Waals surface area (Å²) in [5.74, 6) is 0.290. The minimum absolute atomic E-state index is 0.123. The number of carbonyl (C=O) groups is 1. The van der Waals surface area contributed by atoms with Gasteiger partial charge in [0, 0.05) is 42.5 Å². The zero-order valence-corrected chi connectivity index (χ0v) is 20.5. The first-order valence-corrected chi connectivity index (χ1v) is 12.9. The van der Waals surface area contributed by atoms with Crippen molar-refractivity contribution in [1.29, 1.82) is 0 Å². The fourth-order valence-electron chi connectivity index (χ4n) is 3.81. The van der Waals surface area contributed by atoms with Crippen LogP contribution in [0, 0.1) is 0 Å². The van der Waals surface area contributed by atoms with Gasteiger partial charge < -0.3 is 5.32 Å². The molecule has 0 spiro atoms. The quantitative estimate of drug-likeness (QED) is 0.593. The number of carbonyl (C=O) groups excluding carboxylic acids is 1. The Morgan fingerprint density at radius 2 is 1.65 bits per heavy atom. The van der Waals surface area contributed by atoms with Gasteiger partial charge in [-0.3, -0.25) is 4.79 Å². The molecule has 4 rings (SSSR count). The second-order valence-electron chi connectivity index (χ2n) is 9.43. The number of aromatic nitrogens is 4. The lowest BCUT2D eigenvalue weighted by Crippen LogP contribution is -2.32. The van der Waals surface area contributed by atoms with Crippen LogP contribution in [-0.2, 0) is 15.4 Å². The van der Waals surface area contributed by atoms with Crippen molar-refractivity contribution in [2.24, 2.45) is 0 Å². The normalized spacial score (nSPS) is 15.6. The minimum Gasteiger partial charge on any atom is -0.306 e. The standard InChI is InChI=1S/C24H30N6O3S/c1-24(2,3)20-17-21(30(28-20)23-25-12-9-13-26-23)27-22(31)18-10-8-11-19(16-18)34(32,33)29-14-6-4-5-7-15-29/h8-13,16-17H,4-7,14-15H2,1-3H3,(H,27,31). The van der Waals surface area contributed by atoms with E-state index in [1.807, 2.05) is 20.8 Å². The van der Waals surface area contributed by atoms with E-state index in [2.05, 4.69) is 20.4 Å². The Morgan fingerprint density at radius 3 is 2.29 bits per heavy atom. The Kier molecular flexibility index (Phi) is 6.81. The Labute approximate surface area is 200 Å². The maximum Gasteiger partial charge on any atom is 0.256 e. The van der Waals surface area contributed by atoms with E-state index in [0.29, 0.717) is 24.9 Å². The van der Waals surface area contributed by atoms with Crippen LogP contribution < -0.4 is 5.32 Å². The molecule has 0 atom stereocenters. The first-order chi connectivity index (χ1) is 16.2. The van der Waals surface area contributed by atoms with Crippen LogP contribution in [0.15, 0.2) is 53.7 Å². The van der Waals surface area contributed by atoms with Gasteiger partial charge in [0.15, 0.2) is 0 Å². The molecule has 0 radical (unpaired) electrons. The van der Waals surface area contributed by atoms with Crippen LogP contribution in [0.3, 0.4) is 0 Å². The van der Waals surface area contributed by atoms with E-state index in [0.717, 1.165) is 31.4 Å². The number of nitrogens with one attached hydrogen (secondary N) is 1. The summed E-state index contributed by atoms with van der Waals surface area (Å²) in [5, 5.41) is 7.46. The number of hydrogen-bond donors (Lipinski definition) is 1. The molecule has 0 unspecified atom stereocenters. The molecule has 180 valence electrons. The number of hydrogen-bond acceptors (Lipinski definition) is 6. The van der Waals surface area contributed by atoms with E-state index in [-0.39, 0.29) is 15.9 Å². The van der Waals surface area contributed by atoms with Gasteiger partial charge in [0.05, 0.1) is 10.6 Å². The maximum absolute atomic E-state index is 13.2. The van der Waals surface area contributed by atoms with E-state index in [4.69, 9.17) is 0 Å². The molecule has 3 aromatic rings. The van der Waals surface area contributed by atoms with Crippen molar-refractivity contribution in [3.8, 4) is 5.95 Å². The molecule has 2 aromatic heterocycles. The van der Waals surface area contributed by atoms with Crippen LogP contribution in [0.5, 0.6) is 0 Å². The molecule has 9 nitrogen and oxygen atoms in total. The minimum atomic E-state index is -3.66. The molecule has 0 saturated carbocycles. The molecular weight excluding hydrogens is 452 g/mol. The third-order valence-corrected chi connectivity index (χ3v) is 7.65. The number of anilines is 1. The Bertz CT molecular complexity index is 1260. The third-order valence-electron chi connectivity index (χ3n) is 5.76. The average Bonchev–Trinajstić information content (AvgIpc) is 3.05. The van der Waals surface area contributed by atoms with Crippen molar-refractivity contribution in [2.45, 2.75) is 56.8 Å². The maximum atomic E-state index is 13.2. The second kappa shape index (κ2) is 9.63. The van der Waals surface area contributed by atoms with Gasteiger partial charge in [-0.1, -0.05) is 39.7 Å². The highest BCUT2D eigenvalue weighted by Crippen LogP contribution is 2.26. The Morgan fingerprint density at radius 1 is 0.971 bits per heavy atom. The van der Waals surface area contributed by atoms with E-state index >= 15 is 0 Å². The number of amides is 1. The topological polar surface area (TPSA) is 110 Å². The van der Waals surface area contributed by atoms with Crippen molar-refractivity contribution in [3.63, 3.8) is 0 Å². The first kappa shape index (κ1) is 24.0. The molecule has 1 aromatic carbocycles. The van der Waals surface area contributed by atoms with Gasteiger partial charge in [-0.15, -0.1) is 0 Å². The largest absolute Gasteiger partial charge is 0.306 e. The fourth-order valence-corrected chi connectivity index (χ4v) is 5.37. The van der Waals surface area contributed by atoms with E-state index < -0.39 is 15.9 Å². The zero-order valence-electron chi connectivity index (χ0n) is 19.7. The lowest BCUT2D eigenvalue weighted by Gasteiger charge is -2.20. The summed E-state index contributed by atoms with van der Waals surface area (Å²) >= 11 is 0. The third kappa shape index (κ3) is 5.18. The van der Waals surface area contributed by atoms with Gasteiger partial charge in [-0.25, -0.2) is 18.4 Å². The predicted molar refractivity (Wildman–Crippen MR) is 129 cm³/mol. The smallest absolute Gasteiger partial charge is 0.256 e. The summed E-state index contributed by atoms with van der Waals surface area (Å²) in [6.45, 7) is 7.08. The number of rotatable bonds is 5. The van der Waals surface area contributed by atoms with Crippen LogP contribution in [0.1, 0.15) is 62.5 Å². The molecule has 0 aliphatic carbocycles. The summed E-state index contributed by atoms with van der Waals surface area (Å²) in [7, 11) is -3.66. The average molecular weight is 483 g/mol. The van der Waals surface area contributed by atoms with Gasteiger partial charge in [0.25, 0.3) is 11.9 Å². The lowest BCUT2D eigenvalue weighted by atomic mass is 9.92. The number of benzene rings is 1. The zero-order chi connectivity index (χ0) is 24.3. The summed E-state index contributed by atoms with van der Waals surface area (Å²) in [4.78, 5) is 21.8. The highest BCUT2D eigenvalue weighted by Gasteiger charge is 2.27. The molecule has 0 bridgehead atoms. The van der Waals surface area contributed by atoms with Crippen LogP contribution in [0.2, 0.25) is 0 Å². The molecule has 1 aliphatic rings. The molecule has 34 heavy (non-hydrogen) atoms. The molecule has 1 amide bonds. The van der Waals surface area contributed by atoms with Gasteiger partial charge in [-0.05, 0) is 37.1 Å². The van der Waals surface area contributed by atoms with Crippen molar-refractivity contribution in [1.82, 2.24) is 24.1 Å². The molecule has 1 saturated heterocycles. The molecule has 3 heterocycles. The monoisotopic (exact) mass is 482 g/mol. The fraction of sp³-hybridized carbons (Fsp3) is 0.417. The van der Waals surface area contributed by atoms with Crippen molar-refractivity contribution >= 4 is 21.7 Å². The van der Waals surface area contributed by atoms with E-state index in [9.17, 15) is 13.2 Å². The van der Waals surface area contributed by atoms with Crippen LogP contribution >= 0.6 is 0 Å². The predicted octanol–water partition coefficient (Wildman–Crippen LogP) is 3.78. The van der Waals surface area contributed by atoms with Crippen LogP contribution in [-0.4, -0.2) is 51.5 Å². The van der Waals surface area contributed by atoms with E-state index in [1.165, 1.54) is 21.1 Å². The molecule has 1 N–H and O–H groups in total. The second-order valence-corrected chi connectivity index (χ2v) is 11.4. The first-order valence-electron chi connectivity index (χ1n) is 11.5. The molecular formula is C24H30N6O3S. The Hall–Kier alpha value is -3.11. The number of nitrogens with zero attached hydrogens (tertiary/aromatic N) is 5. The SMILES string of the molecule is CC(C)(C)c1cc(NC(=O)c2cccc(S(=O)(=O)N3CCCCCC3)c2)n(-c2ncccn2)n1. The summed E-state index contributed by atoms with van der Waals surface area (Å²) in [5.41, 5.74) is 0.739. The highest BCUT2D eigenvalue weighted by atomic mass is 32.2. The molecule has 1 aliphatic heterocycles. The van der Waals surface area contributed by atoms with Crippen molar-refractivity contribution in [3.05, 3.63) is 60.0 Å². The highest BCUT2D eigenvalue weighted by molar-refractivity contribution is 7.89. The van der Waals surface area contributed by atoms with Gasteiger partial charge in [0.1, 0.15) is 5.82 Å². The van der Waals surface area contributed by atoms with Gasteiger partial charge in [0.2, 0.25) is 10.0 Å². The molecule has 1 fully saturated rings. The van der Waals surface area contributed by atoms with Crippen molar-refractivity contribution in [2.75, 3.05) is 18.4 Å². The Balaban J connectivity index is 1.63. The molecule has 10 heteroatoms. The lowest BCUT2D eigenvalue weighted by molar-refractivity contribution is 0.102. The van der Waals surface area contributed by atoms with Crippen LogP contribution in [0.25, 0.3) is 5.95 Å². The summed E-state index contributed by atoms with van der Waals surface area (Å²) < 4.78 is 29.4. The summed E-state index contributed by atoms with van der Waals surface area (Å²) in [6.07, 6.45) is 6.96. The van der Waals surface area contributed by atoms with E-state index in [1.54, 1.807) is 36.7 Å². The summed E-state index contributed by atoms with van der Waals surface area (Å²) in [6, 6.07) is 9.65. The van der Waals surface area contributed by atoms with Crippen LogP contribution in [0.4, 0.5) is 5.82 Å². The number of sulfonamides is 1.